The molecule has 1 aliphatic heterocycles. The minimum Gasteiger partial charge on any atom is -0.493 e. The molecule has 22 heavy (non-hydrogen) atoms. The average Bonchev–Trinajstić information content (AvgIpc) is 2.95. The Morgan fingerprint density at radius 2 is 1.95 bits per heavy atom. The van der Waals surface area contributed by atoms with Crippen LogP contribution in [0.4, 0.5) is 0 Å². The number of rotatable bonds is 5. The topological polar surface area (TPSA) is 38.3 Å². The molecule has 1 unspecified atom stereocenters. The number of fused-ring (bicyclic) bond motifs is 1. The van der Waals surface area contributed by atoms with E-state index in [9.17, 15) is 4.79 Å². The van der Waals surface area contributed by atoms with Crippen LogP contribution in [0.15, 0.2) is 53.0 Å². The molecule has 0 aromatic heterocycles. The highest BCUT2D eigenvalue weighted by atomic mass is 79.9. The number of nitrogens with one attached hydrogen (secondary N) is 1. The van der Waals surface area contributed by atoms with E-state index in [4.69, 9.17) is 4.74 Å². The first kappa shape index (κ1) is 15.1. The zero-order valence-corrected chi connectivity index (χ0v) is 13.8. The molecule has 2 aromatic carbocycles. The van der Waals surface area contributed by atoms with Gasteiger partial charge in [0.05, 0.1) is 6.61 Å². The second-order valence-corrected chi connectivity index (χ2v) is 6.30. The van der Waals surface area contributed by atoms with Crippen molar-refractivity contribution >= 4 is 21.8 Å². The summed E-state index contributed by atoms with van der Waals surface area (Å²) in [4.78, 5) is 12.0. The highest BCUT2D eigenvalue weighted by molar-refractivity contribution is 9.10. The predicted molar refractivity (Wildman–Crippen MR) is 90.2 cm³/mol. The normalized spacial score (nSPS) is 16.0. The lowest BCUT2D eigenvalue weighted by molar-refractivity contribution is -0.121. The number of carbonyl (C=O) groups excluding carboxylic acids is 1. The van der Waals surface area contributed by atoms with Gasteiger partial charge in [0, 0.05) is 28.9 Å². The molecule has 0 aliphatic carbocycles. The number of ether oxygens (including phenoxy) is 1. The molecule has 1 heterocycles. The van der Waals surface area contributed by atoms with Crippen LogP contribution in [0.25, 0.3) is 0 Å². The Hall–Kier alpha value is -1.81. The maximum Gasteiger partial charge on any atom is 0.220 e. The fourth-order valence-electron chi connectivity index (χ4n) is 2.67. The van der Waals surface area contributed by atoms with Gasteiger partial charge in [-0.25, -0.2) is 0 Å². The Labute approximate surface area is 138 Å². The quantitative estimate of drug-likeness (QED) is 0.884. The number of hydrogen-bond acceptors (Lipinski definition) is 2. The zero-order chi connectivity index (χ0) is 15.4. The predicted octanol–water partition coefficient (Wildman–Crippen LogP) is 3.67. The molecular weight excluding hydrogens is 342 g/mol. The number of hydrogen-bond donors (Lipinski definition) is 1. The molecule has 0 bridgehead atoms. The van der Waals surface area contributed by atoms with Gasteiger partial charge in [-0.05, 0) is 24.1 Å². The van der Waals surface area contributed by atoms with Crippen LogP contribution in [-0.4, -0.2) is 19.1 Å². The van der Waals surface area contributed by atoms with Gasteiger partial charge in [0.15, 0.2) is 0 Å². The van der Waals surface area contributed by atoms with E-state index >= 15 is 0 Å². The summed E-state index contributed by atoms with van der Waals surface area (Å²) in [7, 11) is 0. The second kappa shape index (κ2) is 6.97. The van der Waals surface area contributed by atoms with E-state index in [0.29, 0.717) is 19.6 Å². The smallest absolute Gasteiger partial charge is 0.220 e. The molecule has 1 aliphatic rings. The van der Waals surface area contributed by atoms with Gasteiger partial charge in [-0.2, -0.15) is 0 Å². The van der Waals surface area contributed by atoms with E-state index in [1.807, 2.05) is 42.5 Å². The second-order valence-electron chi connectivity index (χ2n) is 5.44. The monoisotopic (exact) mass is 359 g/mol. The average molecular weight is 360 g/mol. The van der Waals surface area contributed by atoms with Crippen molar-refractivity contribution in [1.82, 2.24) is 5.32 Å². The van der Waals surface area contributed by atoms with E-state index in [0.717, 1.165) is 22.2 Å². The number of carbonyl (C=O) groups is 1. The Bertz CT molecular complexity index is 672. The number of amides is 1. The van der Waals surface area contributed by atoms with Crippen LogP contribution in [0, 0.1) is 0 Å². The highest BCUT2D eigenvalue weighted by Gasteiger charge is 2.23. The first-order chi connectivity index (χ1) is 10.7. The summed E-state index contributed by atoms with van der Waals surface area (Å²) in [6.45, 7) is 1.27. The number of para-hydroxylation sites is 1. The Balaban J connectivity index is 1.48. The molecule has 0 saturated carbocycles. The maximum absolute atomic E-state index is 12.0. The lowest BCUT2D eigenvalue weighted by Gasteiger charge is -2.11. The molecule has 2 aromatic rings. The summed E-state index contributed by atoms with van der Waals surface area (Å²) in [6, 6.07) is 16.0. The van der Waals surface area contributed by atoms with Gasteiger partial charge >= 0.3 is 0 Å². The minimum absolute atomic E-state index is 0.0835. The van der Waals surface area contributed by atoms with Crippen molar-refractivity contribution in [3.8, 4) is 5.75 Å². The van der Waals surface area contributed by atoms with Gasteiger partial charge in [-0.15, -0.1) is 0 Å². The third kappa shape index (κ3) is 3.50. The van der Waals surface area contributed by atoms with Gasteiger partial charge in [0.2, 0.25) is 5.91 Å². The van der Waals surface area contributed by atoms with Crippen LogP contribution in [0.1, 0.15) is 23.5 Å². The van der Waals surface area contributed by atoms with Gasteiger partial charge in [-0.3, -0.25) is 4.79 Å². The van der Waals surface area contributed by atoms with Gasteiger partial charge in [-0.1, -0.05) is 52.3 Å². The molecule has 1 N–H and O–H groups in total. The van der Waals surface area contributed by atoms with Gasteiger partial charge < -0.3 is 10.1 Å². The molecule has 0 radical (unpaired) electrons. The SMILES string of the molecule is O=C(CCc1ccccc1Br)NCC1COc2ccccc21. The molecule has 0 saturated heterocycles. The van der Waals surface area contributed by atoms with E-state index in [1.165, 1.54) is 5.56 Å². The van der Waals surface area contributed by atoms with Crippen molar-refractivity contribution in [3.63, 3.8) is 0 Å². The van der Waals surface area contributed by atoms with Crippen molar-refractivity contribution in [2.45, 2.75) is 18.8 Å². The molecule has 1 amide bonds. The standard InChI is InChI=1S/C18H18BrNO2/c19-16-7-3-1-5-13(16)9-10-18(21)20-11-14-12-22-17-8-4-2-6-15(14)17/h1-8,14H,9-12H2,(H,20,21). The summed E-state index contributed by atoms with van der Waals surface area (Å²) >= 11 is 3.51. The third-order valence-electron chi connectivity index (χ3n) is 3.92. The lowest BCUT2D eigenvalue weighted by Crippen LogP contribution is -2.29. The van der Waals surface area contributed by atoms with Crippen LogP contribution in [0.5, 0.6) is 5.75 Å². The summed E-state index contributed by atoms with van der Waals surface area (Å²) in [5.41, 5.74) is 2.35. The number of benzene rings is 2. The van der Waals surface area contributed by atoms with Crippen LogP contribution < -0.4 is 10.1 Å². The maximum atomic E-state index is 12.0. The highest BCUT2D eigenvalue weighted by Crippen LogP contribution is 2.32. The van der Waals surface area contributed by atoms with Gasteiger partial charge in [0.1, 0.15) is 5.75 Å². The largest absolute Gasteiger partial charge is 0.493 e. The van der Waals surface area contributed by atoms with Crippen LogP contribution in [0.2, 0.25) is 0 Å². The molecule has 3 nitrogen and oxygen atoms in total. The van der Waals surface area contributed by atoms with E-state index < -0.39 is 0 Å². The number of aryl methyl sites for hydroxylation is 1. The molecule has 3 rings (SSSR count). The Morgan fingerprint density at radius 3 is 2.82 bits per heavy atom. The van der Waals surface area contributed by atoms with Gasteiger partial charge in [0.25, 0.3) is 0 Å². The summed E-state index contributed by atoms with van der Waals surface area (Å²) < 4.78 is 6.69. The molecule has 0 spiro atoms. The Kier molecular flexibility index (Phi) is 4.78. The van der Waals surface area contributed by atoms with E-state index in [-0.39, 0.29) is 11.8 Å². The Morgan fingerprint density at radius 1 is 1.18 bits per heavy atom. The summed E-state index contributed by atoms with van der Waals surface area (Å²) in [6.07, 6.45) is 1.24. The fourth-order valence-corrected chi connectivity index (χ4v) is 3.16. The van der Waals surface area contributed by atoms with Crippen LogP contribution in [-0.2, 0) is 11.2 Å². The molecular formula is C18H18BrNO2. The van der Waals surface area contributed by atoms with Crippen LogP contribution in [0.3, 0.4) is 0 Å². The molecule has 1 atom stereocenters. The van der Waals surface area contributed by atoms with Crippen LogP contribution >= 0.6 is 15.9 Å². The van der Waals surface area contributed by atoms with E-state index in [1.54, 1.807) is 0 Å². The number of halogens is 1. The lowest BCUT2D eigenvalue weighted by atomic mass is 10.0. The molecule has 114 valence electrons. The van der Waals surface area contributed by atoms with Crippen molar-refractivity contribution in [1.29, 1.82) is 0 Å². The van der Waals surface area contributed by atoms with Crippen molar-refractivity contribution < 1.29 is 9.53 Å². The zero-order valence-electron chi connectivity index (χ0n) is 12.2. The van der Waals surface area contributed by atoms with Crippen molar-refractivity contribution in [3.05, 3.63) is 64.1 Å². The molecule has 0 fully saturated rings. The van der Waals surface area contributed by atoms with E-state index in [2.05, 4.69) is 27.3 Å². The van der Waals surface area contributed by atoms with Crippen molar-refractivity contribution in [2.75, 3.05) is 13.2 Å². The summed E-state index contributed by atoms with van der Waals surface area (Å²) in [5.74, 6) is 1.28. The minimum atomic E-state index is 0.0835. The summed E-state index contributed by atoms with van der Waals surface area (Å²) in [5, 5.41) is 3.02. The fraction of sp³-hybridized carbons (Fsp3) is 0.278. The molecule has 4 heteroatoms. The first-order valence-corrected chi connectivity index (χ1v) is 8.25. The third-order valence-corrected chi connectivity index (χ3v) is 4.70. The van der Waals surface area contributed by atoms with Crippen molar-refractivity contribution in [2.24, 2.45) is 0 Å². The first-order valence-electron chi connectivity index (χ1n) is 7.46.